The number of carbonyl (C=O) groups excluding carboxylic acids is 1. The van der Waals surface area contributed by atoms with Gasteiger partial charge in [-0.1, -0.05) is 30.3 Å². The summed E-state index contributed by atoms with van der Waals surface area (Å²) in [6, 6.07) is 10.5. The van der Waals surface area contributed by atoms with Crippen molar-refractivity contribution >= 4 is 17.7 Å². The van der Waals surface area contributed by atoms with Gasteiger partial charge < -0.3 is 10.2 Å². The van der Waals surface area contributed by atoms with E-state index in [1.54, 1.807) is 4.90 Å². The number of amides is 1. The molecule has 6 heteroatoms. The van der Waals surface area contributed by atoms with Crippen molar-refractivity contribution in [3.8, 4) is 0 Å². The van der Waals surface area contributed by atoms with Crippen LogP contribution in [0.15, 0.2) is 30.3 Å². The van der Waals surface area contributed by atoms with Crippen LogP contribution in [0.4, 0.5) is 0 Å². The number of benzene rings is 1. The SMILES string of the molecule is CSCCCNC1CCc2c(c(C(=O)N(C)Cc3ccccc3)nn2C)C1. The van der Waals surface area contributed by atoms with Crippen molar-refractivity contribution < 1.29 is 4.79 Å². The van der Waals surface area contributed by atoms with Crippen LogP contribution in [0.3, 0.4) is 0 Å². The Kier molecular flexibility index (Phi) is 6.96. The van der Waals surface area contributed by atoms with Crippen LogP contribution < -0.4 is 5.32 Å². The Morgan fingerprint density at radius 1 is 1.37 bits per heavy atom. The lowest BCUT2D eigenvalue weighted by atomic mass is 9.91. The maximum atomic E-state index is 13.1. The van der Waals surface area contributed by atoms with E-state index in [0.717, 1.165) is 36.9 Å². The topological polar surface area (TPSA) is 50.2 Å². The summed E-state index contributed by atoms with van der Waals surface area (Å²) < 4.78 is 1.91. The Bertz CT molecular complexity index is 759. The Labute approximate surface area is 166 Å². The van der Waals surface area contributed by atoms with Crippen molar-refractivity contribution in [1.29, 1.82) is 0 Å². The zero-order valence-electron chi connectivity index (χ0n) is 16.6. The quantitative estimate of drug-likeness (QED) is 0.709. The Morgan fingerprint density at radius 3 is 2.89 bits per heavy atom. The van der Waals surface area contributed by atoms with Gasteiger partial charge in [0.2, 0.25) is 0 Å². The molecule has 1 aliphatic rings. The molecule has 2 aromatic rings. The minimum atomic E-state index is 0.0127. The first kappa shape index (κ1) is 20.0. The van der Waals surface area contributed by atoms with Crippen molar-refractivity contribution in [2.75, 3.05) is 25.6 Å². The first-order valence-electron chi connectivity index (χ1n) is 9.66. The number of aryl methyl sites for hydroxylation is 1. The van der Waals surface area contributed by atoms with Crippen molar-refractivity contribution in [2.24, 2.45) is 7.05 Å². The minimum absolute atomic E-state index is 0.0127. The van der Waals surface area contributed by atoms with Gasteiger partial charge >= 0.3 is 0 Å². The first-order valence-corrected chi connectivity index (χ1v) is 11.1. The number of nitrogens with zero attached hydrogens (tertiary/aromatic N) is 3. The van der Waals surface area contributed by atoms with Crippen LogP contribution in [0, 0.1) is 0 Å². The predicted octanol–water partition coefficient (Wildman–Crippen LogP) is 2.89. The third kappa shape index (κ3) is 4.93. The second kappa shape index (κ2) is 9.42. The summed E-state index contributed by atoms with van der Waals surface area (Å²) in [7, 11) is 3.82. The van der Waals surface area contributed by atoms with Crippen LogP contribution in [-0.2, 0) is 26.4 Å². The molecule has 0 aliphatic heterocycles. The molecule has 1 amide bonds. The molecule has 1 heterocycles. The normalized spacial score (nSPS) is 16.2. The Morgan fingerprint density at radius 2 is 2.15 bits per heavy atom. The van der Waals surface area contributed by atoms with Gasteiger partial charge in [0.25, 0.3) is 5.91 Å². The molecule has 0 bridgehead atoms. The Balaban J connectivity index is 1.69. The molecule has 27 heavy (non-hydrogen) atoms. The van der Waals surface area contributed by atoms with Gasteiger partial charge in [-0.3, -0.25) is 9.48 Å². The van der Waals surface area contributed by atoms with Gasteiger partial charge in [-0.2, -0.15) is 16.9 Å². The molecule has 5 nitrogen and oxygen atoms in total. The maximum Gasteiger partial charge on any atom is 0.274 e. The molecule has 0 spiro atoms. The van der Waals surface area contributed by atoms with E-state index in [9.17, 15) is 4.79 Å². The third-order valence-corrected chi connectivity index (χ3v) is 5.92. The van der Waals surface area contributed by atoms with E-state index in [1.807, 2.05) is 60.9 Å². The molecule has 146 valence electrons. The molecule has 1 aromatic heterocycles. The summed E-state index contributed by atoms with van der Waals surface area (Å²) >= 11 is 1.89. The smallest absolute Gasteiger partial charge is 0.274 e. The maximum absolute atomic E-state index is 13.1. The van der Waals surface area contributed by atoms with Crippen LogP contribution >= 0.6 is 11.8 Å². The molecule has 1 N–H and O–H groups in total. The monoisotopic (exact) mass is 386 g/mol. The number of carbonyl (C=O) groups is 1. The van der Waals surface area contributed by atoms with Crippen molar-refractivity contribution in [3.63, 3.8) is 0 Å². The van der Waals surface area contributed by atoms with E-state index in [4.69, 9.17) is 0 Å². The summed E-state index contributed by atoms with van der Waals surface area (Å²) in [6.45, 7) is 1.64. The van der Waals surface area contributed by atoms with Crippen LogP contribution in [0.1, 0.15) is 40.2 Å². The van der Waals surface area contributed by atoms with Gasteiger partial charge in [0.15, 0.2) is 5.69 Å². The Hall–Kier alpha value is -1.79. The lowest BCUT2D eigenvalue weighted by Gasteiger charge is -2.25. The fraction of sp³-hybridized carbons (Fsp3) is 0.524. The van der Waals surface area contributed by atoms with E-state index >= 15 is 0 Å². The van der Waals surface area contributed by atoms with Gasteiger partial charge in [-0.15, -0.1) is 0 Å². The zero-order valence-corrected chi connectivity index (χ0v) is 17.4. The van der Waals surface area contributed by atoms with E-state index in [2.05, 4.69) is 16.7 Å². The van der Waals surface area contributed by atoms with E-state index < -0.39 is 0 Å². The van der Waals surface area contributed by atoms with Crippen LogP contribution in [0.25, 0.3) is 0 Å². The average molecular weight is 387 g/mol. The van der Waals surface area contributed by atoms with Crippen LogP contribution in [0.2, 0.25) is 0 Å². The number of fused-ring (bicyclic) bond motifs is 1. The number of aromatic nitrogens is 2. The molecule has 1 aromatic carbocycles. The van der Waals surface area contributed by atoms with Crippen LogP contribution in [0.5, 0.6) is 0 Å². The molecule has 0 saturated carbocycles. The average Bonchev–Trinajstić information content (AvgIpc) is 3.01. The zero-order chi connectivity index (χ0) is 19.2. The van der Waals surface area contributed by atoms with Crippen LogP contribution in [-0.4, -0.2) is 52.2 Å². The highest BCUT2D eigenvalue weighted by molar-refractivity contribution is 7.98. The number of rotatable bonds is 8. The third-order valence-electron chi connectivity index (χ3n) is 5.23. The molecule has 1 unspecified atom stereocenters. The molecule has 0 radical (unpaired) electrons. The summed E-state index contributed by atoms with van der Waals surface area (Å²) in [5.74, 6) is 1.20. The summed E-state index contributed by atoms with van der Waals surface area (Å²) in [5, 5.41) is 8.26. The van der Waals surface area contributed by atoms with E-state index in [1.165, 1.54) is 17.9 Å². The van der Waals surface area contributed by atoms with Gasteiger partial charge in [-0.05, 0) is 49.8 Å². The largest absolute Gasteiger partial charge is 0.336 e. The standard InChI is InChI=1S/C21H30N4OS/c1-24(15-16-8-5-4-6-9-16)21(26)20-18-14-17(22-12-7-13-27-3)10-11-19(18)25(2)23-20/h4-6,8-9,17,22H,7,10-15H2,1-3H3. The molecule has 1 atom stereocenters. The highest BCUT2D eigenvalue weighted by Crippen LogP contribution is 2.25. The molecular formula is C21H30N4OS. The molecular weight excluding hydrogens is 356 g/mol. The highest BCUT2D eigenvalue weighted by Gasteiger charge is 2.29. The van der Waals surface area contributed by atoms with E-state index in [0.29, 0.717) is 18.3 Å². The van der Waals surface area contributed by atoms with Gasteiger partial charge in [0.1, 0.15) is 0 Å². The lowest BCUT2D eigenvalue weighted by molar-refractivity contribution is 0.0777. The highest BCUT2D eigenvalue weighted by atomic mass is 32.2. The summed E-state index contributed by atoms with van der Waals surface area (Å²) in [4.78, 5) is 14.8. The van der Waals surface area contributed by atoms with Gasteiger partial charge in [-0.25, -0.2) is 0 Å². The fourth-order valence-corrected chi connectivity index (χ4v) is 4.20. The minimum Gasteiger partial charge on any atom is -0.336 e. The first-order chi connectivity index (χ1) is 13.1. The van der Waals surface area contributed by atoms with Crippen molar-refractivity contribution in [1.82, 2.24) is 20.0 Å². The molecule has 1 aliphatic carbocycles. The second-order valence-electron chi connectivity index (χ2n) is 7.28. The molecule has 0 fully saturated rings. The number of nitrogens with one attached hydrogen (secondary N) is 1. The van der Waals surface area contributed by atoms with Gasteiger partial charge in [0.05, 0.1) is 0 Å². The fourth-order valence-electron chi connectivity index (χ4n) is 3.77. The predicted molar refractivity (Wildman–Crippen MR) is 112 cm³/mol. The lowest BCUT2D eigenvalue weighted by Crippen LogP contribution is -2.36. The van der Waals surface area contributed by atoms with Crippen molar-refractivity contribution in [2.45, 2.75) is 38.3 Å². The number of hydrogen-bond donors (Lipinski definition) is 1. The summed E-state index contributed by atoms with van der Waals surface area (Å²) in [5.41, 5.74) is 4.11. The van der Waals surface area contributed by atoms with E-state index in [-0.39, 0.29) is 5.91 Å². The molecule has 0 saturated heterocycles. The number of thioether (sulfide) groups is 1. The second-order valence-corrected chi connectivity index (χ2v) is 8.27. The van der Waals surface area contributed by atoms with Crippen molar-refractivity contribution in [3.05, 3.63) is 52.8 Å². The number of hydrogen-bond acceptors (Lipinski definition) is 4. The molecule has 3 rings (SSSR count). The summed E-state index contributed by atoms with van der Waals surface area (Å²) in [6.07, 6.45) is 6.31. The van der Waals surface area contributed by atoms with Gasteiger partial charge in [0, 0.05) is 37.9 Å².